The summed E-state index contributed by atoms with van der Waals surface area (Å²) in [5.74, 6) is 0.0413. The van der Waals surface area contributed by atoms with E-state index in [1.165, 1.54) is 12.1 Å². The lowest BCUT2D eigenvalue weighted by atomic mass is 10.1. The summed E-state index contributed by atoms with van der Waals surface area (Å²) in [7, 11) is 0. The number of likely N-dealkylation sites (tertiary alicyclic amines) is 1. The zero-order valence-corrected chi connectivity index (χ0v) is 26.6. The Hall–Kier alpha value is -3.12. The van der Waals surface area contributed by atoms with E-state index in [2.05, 4.69) is 10.1 Å². The molecule has 1 aromatic carbocycles. The summed E-state index contributed by atoms with van der Waals surface area (Å²) < 4.78 is 39.3. The van der Waals surface area contributed by atoms with E-state index in [4.69, 9.17) is 47.9 Å². The van der Waals surface area contributed by atoms with Gasteiger partial charge in [0.2, 0.25) is 0 Å². The van der Waals surface area contributed by atoms with Gasteiger partial charge in [-0.1, -0.05) is 23.2 Å². The van der Waals surface area contributed by atoms with Crippen LogP contribution in [0.2, 0.25) is 10.0 Å². The van der Waals surface area contributed by atoms with Gasteiger partial charge in [0.25, 0.3) is 0 Å². The highest BCUT2D eigenvalue weighted by Crippen LogP contribution is 2.31. The van der Waals surface area contributed by atoms with Crippen LogP contribution < -0.4 is 10.5 Å². The number of hydrogen-bond acceptors (Lipinski definition) is 8. The molecule has 13 heteroatoms. The van der Waals surface area contributed by atoms with Gasteiger partial charge < -0.3 is 29.6 Å². The van der Waals surface area contributed by atoms with Crippen LogP contribution >= 0.6 is 23.2 Å². The van der Waals surface area contributed by atoms with Crippen LogP contribution in [0, 0.1) is 5.82 Å². The SMILES string of the molecule is CC(C)(C)OC(=O)N1CC(OC2CCCCO2)C[C@H]1Cn1cc(-c2cnc(N)c(OCCc3c(Cl)ccc(F)c3Cl)c2)cn1. The molecule has 2 saturated heterocycles. The molecule has 2 fully saturated rings. The van der Waals surface area contributed by atoms with E-state index in [-0.39, 0.29) is 48.4 Å². The van der Waals surface area contributed by atoms with Crippen LogP contribution in [0.25, 0.3) is 11.1 Å². The Morgan fingerprint density at radius 3 is 2.77 bits per heavy atom. The Morgan fingerprint density at radius 2 is 2.02 bits per heavy atom. The molecule has 0 radical (unpaired) electrons. The average molecular weight is 651 g/mol. The molecule has 5 rings (SSSR count). The molecule has 0 bridgehead atoms. The molecular weight excluding hydrogens is 612 g/mol. The molecule has 4 heterocycles. The third-order valence-corrected chi connectivity index (χ3v) is 8.24. The van der Waals surface area contributed by atoms with Gasteiger partial charge in [-0.3, -0.25) is 4.68 Å². The van der Waals surface area contributed by atoms with Gasteiger partial charge in [0.1, 0.15) is 11.4 Å². The fourth-order valence-electron chi connectivity index (χ4n) is 5.34. The van der Waals surface area contributed by atoms with Crippen LogP contribution in [0.1, 0.15) is 52.0 Å². The zero-order valence-electron chi connectivity index (χ0n) is 25.1. The van der Waals surface area contributed by atoms with Gasteiger partial charge in [0.15, 0.2) is 17.9 Å². The molecule has 238 valence electrons. The molecule has 10 nitrogen and oxygen atoms in total. The van der Waals surface area contributed by atoms with Crippen molar-refractivity contribution >= 4 is 35.1 Å². The monoisotopic (exact) mass is 649 g/mol. The number of ether oxygens (including phenoxy) is 4. The maximum absolute atomic E-state index is 13.9. The number of carbonyl (C=O) groups excluding carboxylic acids is 1. The van der Waals surface area contributed by atoms with Crippen LogP contribution in [-0.2, 0) is 27.2 Å². The van der Waals surface area contributed by atoms with Gasteiger partial charge in [-0.25, -0.2) is 14.2 Å². The topological polar surface area (TPSA) is 114 Å². The molecule has 44 heavy (non-hydrogen) atoms. The van der Waals surface area contributed by atoms with Crippen molar-refractivity contribution in [2.24, 2.45) is 0 Å². The first kappa shape index (κ1) is 32.3. The van der Waals surface area contributed by atoms with Crippen molar-refractivity contribution in [3.8, 4) is 16.9 Å². The van der Waals surface area contributed by atoms with Crippen molar-refractivity contribution in [3.05, 3.63) is 58.2 Å². The second kappa shape index (κ2) is 13.9. The largest absolute Gasteiger partial charge is 0.489 e. The summed E-state index contributed by atoms with van der Waals surface area (Å²) in [6, 6.07) is 4.27. The average Bonchev–Trinajstić information content (AvgIpc) is 3.60. The Balaban J connectivity index is 1.25. The molecule has 0 aliphatic carbocycles. The Kier molecular flexibility index (Phi) is 10.2. The van der Waals surface area contributed by atoms with Crippen molar-refractivity contribution < 1.29 is 28.1 Å². The zero-order chi connectivity index (χ0) is 31.4. The van der Waals surface area contributed by atoms with E-state index in [0.29, 0.717) is 42.5 Å². The molecule has 2 N–H and O–H groups in total. The van der Waals surface area contributed by atoms with Gasteiger partial charge in [0.05, 0.1) is 43.1 Å². The molecule has 2 aromatic heterocycles. The van der Waals surface area contributed by atoms with Gasteiger partial charge in [-0.2, -0.15) is 5.10 Å². The minimum atomic E-state index is -0.621. The number of halogens is 3. The van der Waals surface area contributed by atoms with E-state index < -0.39 is 11.4 Å². The molecule has 0 saturated carbocycles. The van der Waals surface area contributed by atoms with E-state index in [9.17, 15) is 9.18 Å². The number of pyridine rings is 1. The number of carbonyl (C=O) groups is 1. The normalized spacial score (nSPS) is 20.6. The number of rotatable bonds is 9. The van der Waals surface area contributed by atoms with Gasteiger partial charge >= 0.3 is 6.09 Å². The van der Waals surface area contributed by atoms with Crippen molar-refractivity contribution in [1.82, 2.24) is 19.7 Å². The lowest BCUT2D eigenvalue weighted by Crippen LogP contribution is -2.42. The van der Waals surface area contributed by atoms with Crippen molar-refractivity contribution in [1.29, 1.82) is 0 Å². The van der Waals surface area contributed by atoms with Crippen LogP contribution in [0.15, 0.2) is 36.8 Å². The minimum Gasteiger partial charge on any atom is -0.489 e. The summed E-state index contributed by atoms with van der Waals surface area (Å²) in [4.78, 5) is 19.2. The lowest BCUT2D eigenvalue weighted by Gasteiger charge is -2.28. The third-order valence-electron chi connectivity index (χ3n) is 7.48. The third kappa shape index (κ3) is 8.12. The lowest BCUT2D eigenvalue weighted by molar-refractivity contribution is -0.185. The van der Waals surface area contributed by atoms with Crippen LogP contribution in [0.3, 0.4) is 0 Å². The molecule has 2 aliphatic rings. The quantitative estimate of drug-likeness (QED) is 0.261. The Labute approximate surface area is 266 Å². The van der Waals surface area contributed by atoms with Crippen LogP contribution in [0.4, 0.5) is 15.0 Å². The number of hydrogen-bond donors (Lipinski definition) is 1. The second-order valence-corrected chi connectivity index (χ2v) is 12.8. The van der Waals surface area contributed by atoms with Crippen LogP contribution in [0.5, 0.6) is 5.75 Å². The minimum absolute atomic E-state index is 0.0268. The molecule has 3 aromatic rings. The number of amides is 1. The van der Waals surface area contributed by atoms with Crippen molar-refractivity contribution in [2.45, 2.75) is 83.5 Å². The first-order chi connectivity index (χ1) is 21.0. The van der Waals surface area contributed by atoms with E-state index in [1.54, 1.807) is 28.0 Å². The van der Waals surface area contributed by atoms with E-state index >= 15 is 0 Å². The summed E-state index contributed by atoms with van der Waals surface area (Å²) in [6.45, 7) is 7.27. The maximum Gasteiger partial charge on any atom is 0.410 e. The number of benzene rings is 1. The molecule has 0 spiro atoms. The number of nitrogens with two attached hydrogens (primary N) is 1. The van der Waals surface area contributed by atoms with E-state index in [0.717, 1.165) is 30.4 Å². The van der Waals surface area contributed by atoms with Gasteiger partial charge in [-0.15, -0.1) is 0 Å². The second-order valence-electron chi connectivity index (χ2n) is 12.1. The van der Waals surface area contributed by atoms with Gasteiger partial charge in [-0.05, 0) is 70.2 Å². The molecule has 2 unspecified atom stereocenters. The number of nitrogens with zero attached hydrogens (tertiary/aromatic N) is 4. The highest BCUT2D eigenvalue weighted by atomic mass is 35.5. The first-order valence-electron chi connectivity index (χ1n) is 14.8. The van der Waals surface area contributed by atoms with Gasteiger partial charge in [0, 0.05) is 41.6 Å². The number of anilines is 1. The summed E-state index contributed by atoms with van der Waals surface area (Å²) in [5.41, 5.74) is 7.45. The maximum atomic E-state index is 13.9. The summed E-state index contributed by atoms with van der Waals surface area (Å²) in [5, 5.41) is 4.89. The predicted molar refractivity (Wildman–Crippen MR) is 165 cm³/mol. The Morgan fingerprint density at radius 1 is 1.20 bits per heavy atom. The van der Waals surface area contributed by atoms with Crippen molar-refractivity contribution in [2.75, 3.05) is 25.5 Å². The van der Waals surface area contributed by atoms with E-state index in [1.807, 2.05) is 27.0 Å². The fraction of sp³-hybridized carbons (Fsp3) is 0.516. The molecular formula is C31H38Cl2FN5O5. The highest BCUT2D eigenvalue weighted by molar-refractivity contribution is 6.36. The standard InChI is InChI=1S/C31H38Cl2FN5O5/c1-31(2,3)44-30(40)39-18-22(43-27-6-4-5-10-42-27)13-21(39)17-38-16-20(15-37-38)19-12-26(29(35)36-14-19)41-11-9-23-24(32)7-8-25(34)28(23)33/h7-8,12,14-16,21-22,27H,4-6,9-11,13,17-18H2,1-3H3,(H2,35,36)/t21-,22?,27?/m0/s1. The first-order valence-corrected chi connectivity index (χ1v) is 15.5. The molecule has 3 atom stereocenters. The molecule has 2 aliphatic heterocycles. The summed E-state index contributed by atoms with van der Waals surface area (Å²) in [6.07, 6.45) is 8.32. The Bertz CT molecular complexity index is 1460. The highest BCUT2D eigenvalue weighted by Gasteiger charge is 2.39. The smallest absolute Gasteiger partial charge is 0.410 e. The number of nitrogen functional groups attached to an aromatic ring is 1. The predicted octanol–water partition coefficient (Wildman–Crippen LogP) is 6.52. The molecule has 1 amide bonds. The fourth-order valence-corrected chi connectivity index (χ4v) is 5.90. The van der Waals surface area contributed by atoms with Crippen LogP contribution in [-0.4, -0.2) is 69.6 Å². The summed E-state index contributed by atoms with van der Waals surface area (Å²) >= 11 is 12.3. The number of aromatic nitrogens is 3. The van der Waals surface area contributed by atoms with Crippen molar-refractivity contribution in [3.63, 3.8) is 0 Å².